The van der Waals surface area contributed by atoms with Gasteiger partial charge in [-0.05, 0) is 146 Å². The van der Waals surface area contributed by atoms with Crippen LogP contribution in [0.4, 0.5) is 34.1 Å². The first-order chi connectivity index (χ1) is 33.7. The molecule has 0 aliphatic carbocycles. The fourth-order valence-electron chi connectivity index (χ4n) is 10.8. The summed E-state index contributed by atoms with van der Waals surface area (Å²) in [7, 11) is 0. The van der Waals surface area contributed by atoms with Gasteiger partial charge in [-0.1, -0.05) is 156 Å². The molecule has 0 radical (unpaired) electrons. The number of nitrogens with zero attached hydrogens (tertiary/aromatic N) is 3. The van der Waals surface area contributed by atoms with Gasteiger partial charge in [0, 0.05) is 54.7 Å². The van der Waals surface area contributed by atoms with Crippen molar-refractivity contribution in [1.82, 2.24) is 4.40 Å². The third kappa shape index (κ3) is 7.38. The van der Waals surface area contributed by atoms with Gasteiger partial charge in [0.1, 0.15) is 11.1 Å². The summed E-state index contributed by atoms with van der Waals surface area (Å²) in [6, 6.07) is 61.6. The van der Waals surface area contributed by atoms with Crippen LogP contribution in [0.25, 0.3) is 69.4 Å². The Morgan fingerprint density at radius 3 is 1.38 bits per heavy atom. The molecule has 0 amide bonds. The second kappa shape index (κ2) is 15.7. The van der Waals surface area contributed by atoms with Gasteiger partial charge in [0.15, 0.2) is 5.58 Å². The normalized spacial score (nSPS) is 13.1. The highest BCUT2D eigenvalue weighted by Crippen LogP contribution is 2.53. The average Bonchev–Trinajstić information content (AvgIpc) is 4.06. The van der Waals surface area contributed by atoms with Crippen LogP contribution in [0.15, 0.2) is 168 Å². The van der Waals surface area contributed by atoms with Crippen molar-refractivity contribution in [2.24, 2.45) is 0 Å². The molecular weight excluding hydrogens is 883 g/mol. The van der Waals surface area contributed by atoms with Crippen LogP contribution in [0.1, 0.15) is 105 Å². The quantitative estimate of drug-likeness (QED) is 0.166. The molecule has 0 fully saturated rings. The third-order valence-electron chi connectivity index (χ3n) is 14.9. The molecule has 0 aliphatic heterocycles. The lowest BCUT2D eigenvalue weighted by molar-refractivity contribution is 0.590. The Kier molecular flexibility index (Phi) is 9.98. The van der Waals surface area contributed by atoms with E-state index in [0.717, 1.165) is 67.0 Å². The fraction of sp³-hybridized carbons (Fsp3) is 0.242. The topological polar surface area (TPSA) is 24.0 Å². The number of hydrogen-bond acceptors (Lipinski definition) is 4. The van der Waals surface area contributed by atoms with E-state index >= 15 is 0 Å². The maximum atomic E-state index is 7.16. The summed E-state index contributed by atoms with van der Waals surface area (Å²) in [6.07, 6.45) is 0. The van der Waals surface area contributed by atoms with Gasteiger partial charge in [-0.25, -0.2) is 0 Å². The zero-order valence-electron chi connectivity index (χ0n) is 43.2. The predicted molar refractivity (Wildman–Crippen MR) is 308 cm³/mol. The number of thiophene rings is 1. The molecule has 0 saturated carbocycles. The van der Waals surface area contributed by atoms with E-state index in [1.54, 1.807) is 0 Å². The number of furan rings is 1. The number of rotatable bonds is 6. The zero-order chi connectivity index (χ0) is 49.5. The van der Waals surface area contributed by atoms with Crippen LogP contribution in [-0.4, -0.2) is 4.40 Å². The van der Waals surface area contributed by atoms with E-state index in [2.05, 4.69) is 261 Å². The van der Waals surface area contributed by atoms with Crippen LogP contribution in [0, 0.1) is 0 Å². The molecule has 0 atom stereocenters. The van der Waals surface area contributed by atoms with Gasteiger partial charge in [-0.3, -0.25) is 0 Å². The van der Waals surface area contributed by atoms with Crippen molar-refractivity contribution in [2.75, 3.05) is 9.80 Å². The zero-order valence-corrected chi connectivity index (χ0v) is 44.1. The molecule has 354 valence electrons. The second-order valence-electron chi connectivity index (χ2n) is 24.0. The summed E-state index contributed by atoms with van der Waals surface area (Å²) in [5.41, 5.74) is 17.6. The van der Waals surface area contributed by atoms with E-state index in [1.807, 2.05) is 11.3 Å². The lowest BCUT2D eigenvalue weighted by Gasteiger charge is -2.28. The first kappa shape index (κ1) is 45.1. The van der Waals surface area contributed by atoms with Gasteiger partial charge in [-0.2, -0.15) is 0 Å². The van der Waals surface area contributed by atoms with Gasteiger partial charge < -0.3 is 18.6 Å². The van der Waals surface area contributed by atoms with Crippen molar-refractivity contribution in [3.8, 4) is 0 Å². The van der Waals surface area contributed by atoms with Crippen molar-refractivity contribution in [3.63, 3.8) is 0 Å². The molecule has 0 aliphatic rings. The van der Waals surface area contributed by atoms with Gasteiger partial charge in [0.2, 0.25) is 0 Å². The summed E-state index contributed by atoms with van der Waals surface area (Å²) in [4.78, 5) is 4.85. The minimum Gasteiger partial charge on any atom is -0.454 e. The summed E-state index contributed by atoms with van der Waals surface area (Å²) >= 11 is 1.89. The molecule has 0 spiro atoms. The molecule has 5 heteroatoms. The molecule has 4 aromatic heterocycles. The molecule has 4 nitrogen and oxygen atoms in total. The van der Waals surface area contributed by atoms with E-state index in [0.29, 0.717) is 0 Å². The van der Waals surface area contributed by atoms with Crippen LogP contribution >= 0.6 is 11.3 Å². The van der Waals surface area contributed by atoms with Gasteiger partial charge in [-0.15, -0.1) is 11.3 Å². The molecule has 8 aromatic carbocycles. The van der Waals surface area contributed by atoms with E-state index in [4.69, 9.17) is 4.42 Å². The molecule has 12 aromatic rings. The van der Waals surface area contributed by atoms with Gasteiger partial charge in [0.25, 0.3) is 0 Å². The molecule has 0 bridgehead atoms. The molecule has 12 rings (SSSR count). The monoisotopic (exact) mass is 945 g/mol. The van der Waals surface area contributed by atoms with Crippen molar-refractivity contribution in [1.29, 1.82) is 0 Å². The van der Waals surface area contributed by atoms with Crippen molar-refractivity contribution >= 4 is 115 Å². The summed E-state index contributed by atoms with van der Waals surface area (Å²) in [6.45, 7) is 27.3. The van der Waals surface area contributed by atoms with E-state index < -0.39 is 0 Å². The highest BCUT2D eigenvalue weighted by Gasteiger charge is 2.30. The smallest absolute Gasteiger partial charge is 0.161 e. The van der Waals surface area contributed by atoms with Crippen molar-refractivity contribution in [2.45, 2.75) is 105 Å². The Labute approximate surface area is 422 Å². The Hall–Kier alpha value is -7.08. The molecule has 0 N–H and O–H groups in total. The maximum Gasteiger partial charge on any atom is 0.161 e. The molecular formula is C66H63N3OS. The number of benzene rings is 8. The van der Waals surface area contributed by atoms with Crippen molar-refractivity contribution < 1.29 is 4.42 Å². The third-order valence-corrected chi connectivity index (χ3v) is 16.1. The molecule has 0 unspecified atom stereocenters. The lowest BCUT2D eigenvalue weighted by Crippen LogP contribution is -2.14. The molecule has 4 heterocycles. The Balaban J connectivity index is 1.07. The number of anilines is 6. The van der Waals surface area contributed by atoms with Crippen LogP contribution < -0.4 is 9.80 Å². The molecule has 0 saturated heterocycles. The summed E-state index contributed by atoms with van der Waals surface area (Å²) < 4.78 is 12.3. The minimum absolute atomic E-state index is 0.0418. The maximum absolute atomic E-state index is 7.16. The number of fused-ring (bicyclic) bond motifs is 11. The summed E-state index contributed by atoms with van der Waals surface area (Å²) in [5.74, 6) is 0. The number of aromatic nitrogens is 1. The average molecular weight is 946 g/mol. The second-order valence-corrected chi connectivity index (χ2v) is 25.0. The molecule has 71 heavy (non-hydrogen) atoms. The van der Waals surface area contributed by atoms with E-state index in [9.17, 15) is 0 Å². The number of hydrogen-bond donors (Lipinski definition) is 0. The SMILES string of the molecule is CC(C)(C)c1ccc(N(c2ccc(C(C)(C)C)cc2)c2ccc3cc4c(cc3c2)oc2c3ccc(N(c5ccc(C(C)(C)C)cc5)c5ccc(C(C)(C)C)cc5)c5c6sc7ccccc7c6n(c42)c35)cc1. The van der Waals surface area contributed by atoms with Crippen LogP contribution in [0.5, 0.6) is 0 Å². The largest absolute Gasteiger partial charge is 0.454 e. The standard InChI is InChI=1S/C66H63N3OS/c1-63(2,3)42-18-27-46(28-19-42)67(47-29-20-43(21-30-47)64(4,5)6)50-26-17-40-38-53-55(39-41(40)37-50)70-61-52-35-36-54(57-58(52)69(59(53)61)60-51-15-13-14-16-56(51)71-62(57)60)68(48-31-22-44(23-32-48)65(7,8)9)49-33-24-45(25-34-49)66(10,11)12/h13-39H,1-12H3. The predicted octanol–water partition coefficient (Wildman–Crippen LogP) is 20.1. The first-order valence-corrected chi connectivity index (χ1v) is 26.1. The fourth-order valence-corrected chi connectivity index (χ4v) is 12.1. The Bertz CT molecular complexity index is 3870. The van der Waals surface area contributed by atoms with Crippen molar-refractivity contribution in [3.05, 3.63) is 186 Å². The highest BCUT2D eigenvalue weighted by molar-refractivity contribution is 7.26. The minimum atomic E-state index is 0.0418. The Morgan fingerprint density at radius 1 is 0.394 bits per heavy atom. The van der Waals surface area contributed by atoms with Crippen LogP contribution in [-0.2, 0) is 21.7 Å². The van der Waals surface area contributed by atoms with E-state index in [-0.39, 0.29) is 21.7 Å². The lowest BCUT2D eigenvalue weighted by atomic mass is 9.86. The van der Waals surface area contributed by atoms with Crippen LogP contribution in [0.3, 0.4) is 0 Å². The first-order valence-electron chi connectivity index (χ1n) is 25.2. The van der Waals surface area contributed by atoms with E-state index in [1.165, 1.54) is 58.8 Å². The van der Waals surface area contributed by atoms with Crippen LogP contribution in [0.2, 0.25) is 0 Å². The Morgan fingerprint density at radius 2 is 0.873 bits per heavy atom. The van der Waals surface area contributed by atoms with Gasteiger partial charge in [0.05, 0.1) is 21.4 Å². The van der Waals surface area contributed by atoms with Gasteiger partial charge >= 0.3 is 0 Å². The summed E-state index contributed by atoms with van der Waals surface area (Å²) in [5, 5.41) is 7.05. The highest BCUT2D eigenvalue weighted by atomic mass is 32.1.